The van der Waals surface area contributed by atoms with Gasteiger partial charge in [-0.3, -0.25) is 14.9 Å². The summed E-state index contributed by atoms with van der Waals surface area (Å²) in [5.41, 5.74) is 4.59. The van der Waals surface area contributed by atoms with Crippen LogP contribution in [0.1, 0.15) is 55.0 Å². The van der Waals surface area contributed by atoms with Crippen molar-refractivity contribution in [3.8, 4) is 17.2 Å². The van der Waals surface area contributed by atoms with Crippen LogP contribution >= 0.6 is 0 Å². The number of nitrogens with zero attached hydrogens (tertiary/aromatic N) is 3. The SMILES string of the molecule is COc1cc([C@@H]2C3=C(CC(C)(C)CC3=O)Nc3c2c(C)nn3-c2ccc(C)cc2)cc([N+](=O)[O-])c1O. The molecule has 0 bridgehead atoms. The number of aryl methyl sites for hydroxylation is 2. The molecule has 0 unspecified atom stereocenters. The first-order valence-electron chi connectivity index (χ1n) is 11.8. The van der Waals surface area contributed by atoms with E-state index in [4.69, 9.17) is 9.84 Å². The number of aromatic hydroxyl groups is 1. The average Bonchev–Trinajstić information content (AvgIpc) is 3.13. The lowest BCUT2D eigenvalue weighted by molar-refractivity contribution is -0.386. The third-order valence-corrected chi connectivity index (χ3v) is 6.98. The van der Waals surface area contributed by atoms with Crippen LogP contribution in [0.3, 0.4) is 0 Å². The molecule has 186 valence electrons. The first kappa shape index (κ1) is 23.6. The molecule has 9 nitrogen and oxygen atoms in total. The smallest absolute Gasteiger partial charge is 0.314 e. The number of fused-ring (bicyclic) bond motifs is 1. The Morgan fingerprint density at radius 2 is 1.89 bits per heavy atom. The number of allylic oxidation sites excluding steroid dienone is 2. The zero-order chi connectivity index (χ0) is 25.9. The highest BCUT2D eigenvalue weighted by atomic mass is 16.6. The number of hydrogen-bond acceptors (Lipinski definition) is 7. The van der Waals surface area contributed by atoms with E-state index in [2.05, 4.69) is 19.2 Å². The fourth-order valence-corrected chi connectivity index (χ4v) is 5.36. The molecule has 1 aliphatic heterocycles. The van der Waals surface area contributed by atoms with Crippen molar-refractivity contribution in [1.29, 1.82) is 0 Å². The van der Waals surface area contributed by atoms with E-state index in [1.54, 1.807) is 6.07 Å². The van der Waals surface area contributed by atoms with Gasteiger partial charge in [-0.2, -0.15) is 5.10 Å². The predicted molar refractivity (Wildman–Crippen MR) is 135 cm³/mol. The number of aromatic nitrogens is 2. The van der Waals surface area contributed by atoms with Crippen molar-refractivity contribution in [2.75, 3.05) is 12.4 Å². The standard InChI is InChI=1S/C27H28N4O5/c1-14-6-8-17(9-7-14)30-26-22(15(2)29-30)23(24-18(28-26)12-27(3,4)13-20(24)32)16-10-19(31(34)35)25(33)21(11-16)36-5/h6-11,23,28,33H,12-13H2,1-5H3/t23-/m0/s1. The number of ketones is 1. The largest absolute Gasteiger partial charge is 0.500 e. The van der Waals surface area contributed by atoms with E-state index in [9.17, 15) is 20.0 Å². The number of benzene rings is 2. The molecule has 0 saturated carbocycles. The number of phenols is 1. The summed E-state index contributed by atoms with van der Waals surface area (Å²) >= 11 is 0. The molecule has 2 aliphatic rings. The monoisotopic (exact) mass is 488 g/mol. The van der Waals surface area contributed by atoms with Crippen LogP contribution in [-0.2, 0) is 4.79 Å². The van der Waals surface area contributed by atoms with Gasteiger partial charge >= 0.3 is 5.69 Å². The number of rotatable bonds is 4. The van der Waals surface area contributed by atoms with Crippen LogP contribution in [0.2, 0.25) is 0 Å². The number of anilines is 1. The molecule has 0 spiro atoms. The van der Waals surface area contributed by atoms with Gasteiger partial charge in [-0.1, -0.05) is 31.5 Å². The average molecular weight is 489 g/mol. The Kier molecular flexibility index (Phi) is 5.39. The number of nitro benzene ring substituents is 1. The Morgan fingerprint density at radius 3 is 2.53 bits per heavy atom. The molecule has 1 aliphatic carbocycles. The lowest BCUT2D eigenvalue weighted by Crippen LogP contribution is -2.34. The second kappa shape index (κ2) is 8.22. The first-order chi connectivity index (χ1) is 17.0. The fraction of sp³-hybridized carbons (Fsp3) is 0.333. The Bertz CT molecular complexity index is 1450. The van der Waals surface area contributed by atoms with Crippen molar-refractivity contribution in [1.82, 2.24) is 9.78 Å². The molecule has 3 aromatic rings. The molecule has 9 heteroatoms. The van der Waals surface area contributed by atoms with Crippen molar-refractivity contribution in [2.45, 2.75) is 46.5 Å². The van der Waals surface area contributed by atoms with Gasteiger partial charge in [-0.25, -0.2) is 4.68 Å². The molecule has 2 N–H and O–H groups in total. The minimum Gasteiger partial charge on any atom is -0.500 e. The summed E-state index contributed by atoms with van der Waals surface area (Å²) in [5.74, 6) is -0.458. The lowest BCUT2D eigenvalue weighted by atomic mass is 9.69. The first-order valence-corrected chi connectivity index (χ1v) is 11.8. The molecule has 2 heterocycles. The van der Waals surface area contributed by atoms with Crippen molar-refractivity contribution in [3.05, 3.63) is 80.2 Å². The molecule has 2 aromatic carbocycles. The van der Waals surface area contributed by atoms with Gasteiger partial charge in [-0.05, 0) is 49.4 Å². The number of Topliss-reactive ketones (excluding diaryl/α,β-unsaturated/α-hetero) is 1. The summed E-state index contributed by atoms with van der Waals surface area (Å²) in [7, 11) is 1.34. The Hall–Kier alpha value is -4.14. The number of carbonyl (C=O) groups is 1. The molecule has 1 atom stereocenters. The van der Waals surface area contributed by atoms with Crippen LogP contribution in [0.25, 0.3) is 5.69 Å². The predicted octanol–water partition coefficient (Wildman–Crippen LogP) is 5.31. The van der Waals surface area contributed by atoms with Gasteiger partial charge in [0.2, 0.25) is 5.75 Å². The third-order valence-electron chi connectivity index (χ3n) is 6.98. The highest BCUT2D eigenvalue weighted by Crippen LogP contribution is 2.52. The lowest BCUT2D eigenvalue weighted by Gasteiger charge is -2.38. The van der Waals surface area contributed by atoms with Gasteiger partial charge in [0.05, 0.1) is 23.4 Å². The number of nitro groups is 1. The maximum absolute atomic E-state index is 13.6. The van der Waals surface area contributed by atoms with Crippen molar-refractivity contribution < 1.29 is 19.6 Å². The second-order valence-electron chi connectivity index (χ2n) is 10.3. The molecule has 0 fully saturated rings. The van der Waals surface area contributed by atoms with E-state index in [0.717, 1.165) is 28.3 Å². The van der Waals surface area contributed by atoms with Gasteiger partial charge in [0.25, 0.3) is 0 Å². The molecular formula is C27H28N4O5. The highest BCUT2D eigenvalue weighted by molar-refractivity contribution is 6.01. The Morgan fingerprint density at radius 1 is 1.19 bits per heavy atom. The van der Waals surface area contributed by atoms with Crippen LogP contribution in [0.5, 0.6) is 11.5 Å². The molecule has 1 aromatic heterocycles. The normalized spacial score (nSPS) is 18.4. The van der Waals surface area contributed by atoms with Crippen molar-refractivity contribution in [3.63, 3.8) is 0 Å². The molecule has 5 rings (SSSR count). The number of hydrogen-bond donors (Lipinski definition) is 2. The third kappa shape index (κ3) is 3.71. The van der Waals surface area contributed by atoms with E-state index in [-0.39, 0.29) is 16.9 Å². The Balaban J connectivity index is 1.80. The number of ether oxygens (including phenoxy) is 1. The zero-order valence-electron chi connectivity index (χ0n) is 20.9. The second-order valence-corrected chi connectivity index (χ2v) is 10.3. The van der Waals surface area contributed by atoms with Crippen LogP contribution in [0.4, 0.5) is 11.5 Å². The molecule has 36 heavy (non-hydrogen) atoms. The highest BCUT2D eigenvalue weighted by Gasteiger charge is 2.43. The van der Waals surface area contributed by atoms with E-state index < -0.39 is 22.3 Å². The van der Waals surface area contributed by atoms with Gasteiger partial charge in [-0.15, -0.1) is 0 Å². The minimum atomic E-state index is -0.646. The van der Waals surface area contributed by atoms with Gasteiger partial charge in [0.1, 0.15) is 5.82 Å². The summed E-state index contributed by atoms with van der Waals surface area (Å²) in [4.78, 5) is 24.7. The summed E-state index contributed by atoms with van der Waals surface area (Å²) in [6.45, 7) is 7.99. The summed E-state index contributed by atoms with van der Waals surface area (Å²) in [6.07, 6.45) is 1.00. The topological polar surface area (TPSA) is 120 Å². The van der Waals surface area contributed by atoms with Gasteiger partial charge in [0, 0.05) is 35.2 Å². The van der Waals surface area contributed by atoms with Gasteiger partial charge < -0.3 is 15.2 Å². The zero-order valence-corrected chi connectivity index (χ0v) is 20.9. The number of carbonyl (C=O) groups excluding carboxylic acids is 1. The fourth-order valence-electron chi connectivity index (χ4n) is 5.36. The molecule has 0 amide bonds. The number of methoxy groups -OCH3 is 1. The van der Waals surface area contributed by atoms with Crippen LogP contribution in [0.15, 0.2) is 47.7 Å². The van der Waals surface area contributed by atoms with Crippen molar-refractivity contribution >= 4 is 17.3 Å². The quantitative estimate of drug-likeness (QED) is 0.377. The summed E-state index contributed by atoms with van der Waals surface area (Å²) in [6, 6.07) is 10.9. The van der Waals surface area contributed by atoms with Gasteiger partial charge in [0.15, 0.2) is 11.5 Å². The minimum absolute atomic E-state index is 0.0124. The molecular weight excluding hydrogens is 460 g/mol. The van der Waals surface area contributed by atoms with E-state index >= 15 is 0 Å². The van der Waals surface area contributed by atoms with Crippen LogP contribution in [0, 0.1) is 29.4 Å². The summed E-state index contributed by atoms with van der Waals surface area (Å²) < 4.78 is 7.09. The van der Waals surface area contributed by atoms with Crippen molar-refractivity contribution in [2.24, 2.45) is 5.41 Å². The molecule has 0 radical (unpaired) electrons. The molecule has 0 saturated heterocycles. The van der Waals surface area contributed by atoms with E-state index in [1.165, 1.54) is 13.2 Å². The maximum Gasteiger partial charge on any atom is 0.314 e. The summed E-state index contributed by atoms with van der Waals surface area (Å²) in [5, 5.41) is 30.5. The van der Waals surface area contributed by atoms with E-state index in [1.807, 2.05) is 42.8 Å². The maximum atomic E-state index is 13.6. The number of phenolic OH excluding ortho intramolecular Hbond substituents is 1. The van der Waals surface area contributed by atoms with E-state index in [0.29, 0.717) is 29.7 Å². The van der Waals surface area contributed by atoms with Crippen LogP contribution in [-0.4, -0.2) is 32.7 Å². The number of nitrogens with one attached hydrogen (secondary N) is 1. The Labute approximate surface area is 208 Å². The van der Waals surface area contributed by atoms with Crippen LogP contribution < -0.4 is 10.1 Å².